The minimum atomic E-state index is -3.53. The van der Waals surface area contributed by atoms with Crippen molar-refractivity contribution in [2.24, 2.45) is 5.92 Å². The highest BCUT2D eigenvalue weighted by Gasteiger charge is 2.19. The first-order chi connectivity index (χ1) is 12.8. The summed E-state index contributed by atoms with van der Waals surface area (Å²) in [7, 11) is -0.531. The van der Waals surface area contributed by atoms with Crippen LogP contribution in [0.4, 0.5) is 11.4 Å². The smallest absolute Gasteiger partial charge is 0.242 e. The Morgan fingerprint density at radius 1 is 1.11 bits per heavy atom. The monoisotopic (exact) mass is 396 g/mol. The molecule has 1 amide bonds. The highest BCUT2D eigenvalue weighted by molar-refractivity contribution is 7.89. The summed E-state index contributed by atoms with van der Waals surface area (Å²) in [4.78, 5) is 12.4. The van der Waals surface area contributed by atoms with Crippen LogP contribution >= 0.6 is 0 Å². The number of rotatable bonds is 9. The minimum Gasteiger partial charge on any atom is -0.384 e. The number of amides is 1. The summed E-state index contributed by atoms with van der Waals surface area (Å²) in [5.41, 5.74) is 1.38. The minimum absolute atomic E-state index is 0.0797. The Balaban J connectivity index is 2.01. The molecule has 0 spiro atoms. The van der Waals surface area contributed by atoms with Gasteiger partial charge < -0.3 is 16.0 Å². The van der Waals surface area contributed by atoms with E-state index in [-0.39, 0.29) is 17.3 Å². The molecule has 0 atom stereocenters. The summed E-state index contributed by atoms with van der Waals surface area (Å²) in [6.07, 6.45) is 6.16. The quantitative estimate of drug-likeness (QED) is 0.597. The molecule has 7 nitrogen and oxygen atoms in total. The van der Waals surface area contributed by atoms with Crippen LogP contribution in [0.15, 0.2) is 23.1 Å². The predicted octanol–water partition coefficient (Wildman–Crippen LogP) is 2.48. The Bertz CT molecular complexity index is 728. The summed E-state index contributed by atoms with van der Waals surface area (Å²) < 4.78 is 25.9. The van der Waals surface area contributed by atoms with E-state index in [1.807, 2.05) is 6.92 Å². The highest BCUT2D eigenvalue weighted by Crippen LogP contribution is 2.26. The molecule has 1 fully saturated rings. The Morgan fingerprint density at radius 3 is 2.44 bits per heavy atom. The van der Waals surface area contributed by atoms with Crippen LogP contribution in [0.3, 0.4) is 0 Å². The maximum absolute atomic E-state index is 12.4. The Hall–Kier alpha value is -1.80. The van der Waals surface area contributed by atoms with Crippen LogP contribution < -0.4 is 16.0 Å². The largest absolute Gasteiger partial charge is 0.384 e. The lowest BCUT2D eigenvalue weighted by Crippen LogP contribution is -2.34. The van der Waals surface area contributed by atoms with Crippen molar-refractivity contribution < 1.29 is 13.2 Å². The fourth-order valence-corrected chi connectivity index (χ4v) is 4.20. The third-order valence-electron chi connectivity index (χ3n) is 4.89. The number of hydrogen-bond acceptors (Lipinski definition) is 5. The first kappa shape index (κ1) is 21.5. The van der Waals surface area contributed by atoms with E-state index >= 15 is 0 Å². The summed E-state index contributed by atoms with van der Waals surface area (Å²) in [6, 6.07) is 4.87. The van der Waals surface area contributed by atoms with E-state index in [0.29, 0.717) is 18.2 Å². The van der Waals surface area contributed by atoms with Gasteiger partial charge in [0.25, 0.3) is 0 Å². The van der Waals surface area contributed by atoms with E-state index in [2.05, 4.69) is 16.0 Å². The zero-order valence-corrected chi connectivity index (χ0v) is 17.4. The van der Waals surface area contributed by atoms with Crippen molar-refractivity contribution in [3.63, 3.8) is 0 Å². The van der Waals surface area contributed by atoms with E-state index < -0.39 is 10.0 Å². The molecule has 27 heavy (non-hydrogen) atoms. The molecule has 1 aliphatic carbocycles. The molecule has 0 bridgehead atoms. The van der Waals surface area contributed by atoms with Gasteiger partial charge in [-0.05, 0) is 43.9 Å². The standard InChI is InChI=1S/C19H32N4O3S/c1-4-20-17-11-10-16(27(25,26)23(2)3)12-18(17)21-14-19(24)22-13-15-8-6-5-7-9-15/h10-12,15,20-21H,4-9,13-14H2,1-3H3,(H,22,24). The zero-order valence-electron chi connectivity index (χ0n) is 16.5. The summed E-state index contributed by atoms with van der Waals surface area (Å²) in [5.74, 6) is 0.498. The number of benzene rings is 1. The van der Waals surface area contributed by atoms with Gasteiger partial charge in [0.2, 0.25) is 15.9 Å². The van der Waals surface area contributed by atoms with E-state index in [4.69, 9.17) is 0 Å². The molecule has 2 rings (SSSR count). The maximum Gasteiger partial charge on any atom is 0.242 e. The molecule has 8 heteroatoms. The average Bonchev–Trinajstić information content (AvgIpc) is 2.66. The van der Waals surface area contributed by atoms with Crippen molar-refractivity contribution in [2.45, 2.75) is 43.9 Å². The number of carbonyl (C=O) groups is 1. The fourth-order valence-electron chi connectivity index (χ4n) is 3.27. The summed E-state index contributed by atoms with van der Waals surface area (Å²) in [6.45, 7) is 3.49. The van der Waals surface area contributed by atoms with Gasteiger partial charge in [-0.25, -0.2) is 12.7 Å². The topological polar surface area (TPSA) is 90.5 Å². The molecule has 1 aromatic carbocycles. The Labute approximate surface area is 163 Å². The molecular formula is C19H32N4O3S. The van der Waals surface area contributed by atoms with Gasteiger partial charge in [0.15, 0.2) is 0 Å². The molecular weight excluding hydrogens is 364 g/mol. The maximum atomic E-state index is 12.4. The third kappa shape index (κ3) is 6.10. The number of anilines is 2. The van der Waals surface area contributed by atoms with Gasteiger partial charge in [-0.3, -0.25) is 4.79 Å². The zero-order chi connectivity index (χ0) is 19.9. The number of nitrogens with zero attached hydrogens (tertiary/aromatic N) is 1. The molecule has 0 aromatic heterocycles. The van der Waals surface area contributed by atoms with Crippen LogP contribution in [-0.2, 0) is 14.8 Å². The molecule has 1 aromatic rings. The van der Waals surface area contributed by atoms with Gasteiger partial charge in [-0.2, -0.15) is 0 Å². The second-order valence-corrected chi connectivity index (χ2v) is 9.34. The van der Waals surface area contributed by atoms with Crippen molar-refractivity contribution in [1.82, 2.24) is 9.62 Å². The van der Waals surface area contributed by atoms with Gasteiger partial charge in [-0.1, -0.05) is 19.3 Å². The van der Waals surface area contributed by atoms with Crippen molar-refractivity contribution in [3.8, 4) is 0 Å². The van der Waals surface area contributed by atoms with Gasteiger partial charge in [0, 0.05) is 27.2 Å². The Kier molecular flexibility index (Phi) is 7.91. The summed E-state index contributed by atoms with van der Waals surface area (Å²) >= 11 is 0. The van der Waals surface area contributed by atoms with Gasteiger partial charge in [-0.15, -0.1) is 0 Å². The van der Waals surface area contributed by atoms with Gasteiger partial charge in [0.05, 0.1) is 22.8 Å². The highest BCUT2D eigenvalue weighted by atomic mass is 32.2. The second-order valence-electron chi connectivity index (χ2n) is 7.19. The SMILES string of the molecule is CCNc1ccc(S(=O)(=O)N(C)C)cc1NCC(=O)NCC1CCCCC1. The first-order valence-electron chi connectivity index (χ1n) is 9.65. The van der Waals surface area contributed by atoms with Crippen LogP contribution in [0.25, 0.3) is 0 Å². The molecule has 152 valence electrons. The molecule has 3 N–H and O–H groups in total. The third-order valence-corrected chi connectivity index (χ3v) is 6.70. The number of nitrogens with one attached hydrogen (secondary N) is 3. The van der Waals surface area contributed by atoms with Crippen molar-refractivity contribution >= 4 is 27.3 Å². The predicted molar refractivity (Wildman–Crippen MR) is 110 cm³/mol. The summed E-state index contributed by atoms with van der Waals surface area (Å²) in [5, 5.41) is 9.26. The normalized spacial score (nSPS) is 15.6. The van der Waals surface area contributed by atoms with E-state index in [9.17, 15) is 13.2 Å². The van der Waals surface area contributed by atoms with E-state index in [0.717, 1.165) is 12.2 Å². The second kappa shape index (κ2) is 9.94. The molecule has 1 aliphatic rings. The van der Waals surface area contributed by atoms with Crippen molar-refractivity contribution in [2.75, 3.05) is 44.4 Å². The molecule has 0 unspecified atom stereocenters. The van der Waals surface area contributed by atoms with Gasteiger partial charge >= 0.3 is 0 Å². The van der Waals surface area contributed by atoms with Gasteiger partial charge in [0.1, 0.15) is 0 Å². The lowest BCUT2D eigenvalue weighted by atomic mass is 9.89. The van der Waals surface area contributed by atoms with E-state index in [1.165, 1.54) is 50.5 Å². The lowest BCUT2D eigenvalue weighted by molar-refractivity contribution is -0.119. The van der Waals surface area contributed by atoms with Crippen molar-refractivity contribution in [3.05, 3.63) is 18.2 Å². The van der Waals surface area contributed by atoms with Crippen LogP contribution in [0.1, 0.15) is 39.0 Å². The number of sulfonamides is 1. The number of hydrogen-bond donors (Lipinski definition) is 3. The molecule has 0 radical (unpaired) electrons. The lowest BCUT2D eigenvalue weighted by Gasteiger charge is -2.22. The average molecular weight is 397 g/mol. The first-order valence-corrected chi connectivity index (χ1v) is 11.1. The van der Waals surface area contributed by atoms with Crippen LogP contribution in [0.2, 0.25) is 0 Å². The molecule has 0 heterocycles. The van der Waals surface area contributed by atoms with Crippen molar-refractivity contribution in [1.29, 1.82) is 0 Å². The van der Waals surface area contributed by atoms with E-state index in [1.54, 1.807) is 18.2 Å². The molecule has 0 saturated heterocycles. The molecule has 0 aliphatic heterocycles. The fraction of sp³-hybridized carbons (Fsp3) is 0.632. The molecule has 1 saturated carbocycles. The van der Waals surface area contributed by atoms with Crippen LogP contribution in [0, 0.1) is 5.92 Å². The van der Waals surface area contributed by atoms with Crippen LogP contribution in [0.5, 0.6) is 0 Å². The Morgan fingerprint density at radius 2 is 1.81 bits per heavy atom. The van der Waals surface area contributed by atoms with Crippen LogP contribution in [-0.4, -0.2) is 52.4 Å². The number of carbonyl (C=O) groups excluding carboxylic acids is 1.